The highest BCUT2D eigenvalue weighted by atomic mass is 35.5. The minimum Gasteiger partial charge on any atom is -0.377 e. The Morgan fingerprint density at radius 1 is 1.39 bits per heavy atom. The van der Waals surface area contributed by atoms with Crippen LogP contribution in [-0.2, 0) is 16.1 Å². The van der Waals surface area contributed by atoms with Crippen LogP contribution < -0.4 is 5.73 Å². The first-order valence-corrected chi connectivity index (χ1v) is 9.24. The topological polar surface area (TPSA) is 84.2 Å². The molecule has 1 fully saturated rings. The molecule has 1 amide bonds. The van der Waals surface area contributed by atoms with Gasteiger partial charge in [0.1, 0.15) is 11.6 Å². The Balaban J connectivity index is 0.00000196. The number of nitrogens with zero attached hydrogens (tertiary/aromatic N) is 2. The quantitative estimate of drug-likeness (QED) is 0.728. The molecule has 3 atom stereocenters. The molecule has 0 radical (unpaired) electrons. The summed E-state index contributed by atoms with van der Waals surface area (Å²) in [5.74, 6) is 0.332. The second kappa shape index (κ2) is 11.0. The van der Waals surface area contributed by atoms with Gasteiger partial charge in [-0.05, 0) is 43.9 Å². The fraction of sp³-hybridized carbons (Fsp3) is 0.579. The van der Waals surface area contributed by atoms with Crippen LogP contribution in [-0.4, -0.2) is 46.6 Å². The van der Waals surface area contributed by atoms with Gasteiger partial charge in [0.25, 0.3) is 0 Å². The normalized spacial score (nSPS) is 21.6. The fourth-order valence-corrected chi connectivity index (χ4v) is 3.56. The van der Waals surface area contributed by atoms with E-state index in [9.17, 15) is 9.18 Å². The summed E-state index contributed by atoms with van der Waals surface area (Å²) in [5.41, 5.74) is 7.47. The number of nitrogens with one attached hydrogen (secondary N) is 1. The van der Waals surface area contributed by atoms with Crippen LogP contribution in [0.5, 0.6) is 0 Å². The molecule has 1 aliphatic rings. The molecule has 0 aliphatic heterocycles. The van der Waals surface area contributed by atoms with E-state index in [4.69, 9.17) is 10.5 Å². The number of nitrogens with two attached hydrogens (primary N) is 1. The minimum atomic E-state index is -0.311. The lowest BCUT2D eigenvalue weighted by Gasteiger charge is -2.34. The van der Waals surface area contributed by atoms with Crippen molar-refractivity contribution >= 4 is 41.8 Å². The number of hydrogen-bond donors (Lipinski definition) is 2. The Bertz CT molecular complexity index is 773. The first kappa shape index (κ1) is 24.6. The van der Waals surface area contributed by atoms with Gasteiger partial charge in [0.2, 0.25) is 5.91 Å². The summed E-state index contributed by atoms with van der Waals surface area (Å²) < 4.78 is 19.1. The molecule has 0 bridgehead atoms. The second-order valence-corrected chi connectivity index (χ2v) is 7.12. The molecule has 1 aromatic heterocycles. The molecule has 3 N–H and O–H groups in total. The van der Waals surface area contributed by atoms with Gasteiger partial charge in [0.15, 0.2) is 0 Å². The van der Waals surface area contributed by atoms with Gasteiger partial charge in [-0.3, -0.25) is 4.79 Å². The van der Waals surface area contributed by atoms with Crippen molar-refractivity contribution in [3.63, 3.8) is 0 Å². The van der Waals surface area contributed by atoms with Gasteiger partial charge in [0, 0.05) is 25.6 Å². The van der Waals surface area contributed by atoms with Crippen LogP contribution in [0.25, 0.3) is 11.0 Å². The highest BCUT2D eigenvalue weighted by Gasteiger charge is 2.34. The minimum absolute atomic E-state index is 0. The van der Waals surface area contributed by atoms with Gasteiger partial charge >= 0.3 is 0 Å². The summed E-state index contributed by atoms with van der Waals surface area (Å²) in [4.78, 5) is 22.0. The van der Waals surface area contributed by atoms with Gasteiger partial charge in [-0.1, -0.05) is 6.92 Å². The lowest BCUT2D eigenvalue weighted by molar-refractivity contribution is -0.138. The SMILES string of the molecule is CCCO[C@@H]1C[C@@H](C(=O)N(C)Cc2nc3ccc(F)cc3[nH]2)CC[C@H]1N.Cl.Cl. The van der Waals surface area contributed by atoms with E-state index in [2.05, 4.69) is 16.9 Å². The number of rotatable bonds is 6. The van der Waals surface area contributed by atoms with Crippen LogP contribution >= 0.6 is 24.8 Å². The fourth-order valence-electron chi connectivity index (χ4n) is 3.56. The lowest BCUT2D eigenvalue weighted by atomic mass is 9.83. The zero-order valence-corrected chi connectivity index (χ0v) is 17.8. The number of halogens is 3. The van der Waals surface area contributed by atoms with Crippen LogP contribution in [0.1, 0.15) is 38.4 Å². The third-order valence-corrected chi connectivity index (χ3v) is 4.98. The molecule has 1 heterocycles. The summed E-state index contributed by atoms with van der Waals surface area (Å²) in [6.45, 7) is 3.09. The van der Waals surface area contributed by atoms with E-state index in [0.29, 0.717) is 36.4 Å². The Morgan fingerprint density at radius 2 is 2.14 bits per heavy atom. The molecular formula is C19H29Cl2FN4O2. The molecule has 1 aromatic carbocycles. The van der Waals surface area contributed by atoms with Crippen LogP contribution in [0.15, 0.2) is 18.2 Å². The number of imidazole rings is 1. The van der Waals surface area contributed by atoms with E-state index in [1.54, 1.807) is 18.0 Å². The van der Waals surface area contributed by atoms with Crippen molar-refractivity contribution in [2.75, 3.05) is 13.7 Å². The average Bonchev–Trinajstić information content (AvgIpc) is 3.01. The van der Waals surface area contributed by atoms with Crippen molar-refractivity contribution in [3.8, 4) is 0 Å². The molecule has 6 nitrogen and oxygen atoms in total. The molecule has 0 unspecified atom stereocenters. The van der Waals surface area contributed by atoms with Crippen molar-refractivity contribution in [2.45, 2.75) is 51.3 Å². The molecule has 28 heavy (non-hydrogen) atoms. The van der Waals surface area contributed by atoms with Gasteiger partial charge < -0.3 is 20.4 Å². The van der Waals surface area contributed by atoms with Crippen LogP contribution in [0.4, 0.5) is 4.39 Å². The number of carbonyl (C=O) groups excluding carboxylic acids is 1. The second-order valence-electron chi connectivity index (χ2n) is 7.12. The first-order chi connectivity index (χ1) is 12.5. The van der Waals surface area contributed by atoms with Crippen molar-refractivity contribution in [1.82, 2.24) is 14.9 Å². The van der Waals surface area contributed by atoms with Crippen molar-refractivity contribution < 1.29 is 13.9 Å². The molecule has 158 valence electrons. The molecule has 0 saturated heterocycles. The largest absolute Gasteiger partial charge is 0.377 e. The molecule has 2 aromatic rings. The Kier molecular flexibility index (Phi) is 9.63. The zero-order chi connectivity index (χ0) is 18.7. The highest BCUT2D eigenvalue weighted by Crippen LogP contribution is 2.28. The standard InChI is InChI=1S/C19H27FN4O2.2ClH/c1-3-8-26-17-9-12(4-6-14(17)21)19(25)24(2)11-18-22-15-7-5-13(20)10-16(15)23-18;;/h5,7,10,12,14,17H,3-4,6,8-9,11,21H2,1-2H3,(H,22,23);2*1H/t12-,14+,17+;;/m0../s1. The smallest absolute Gasteiger partial charge is 0.225 e. The number of H-pyrrole nitrogens is 1. The Labute approximate surface area is 177 Å². The number of hydrogen-bond acceptors (Lipinski definition) is 4. The van der Waals surface area contributed by atoms with Crippen molar-refractivity contribution in [1.29, 1.82) is 0 Å². The van der Waals surface area contributed by atoms with E-state index >= 15 is 0 Å². The molecule has 9 heteroatoms. The first-order valence-electron chi connectivity index (χ1n) is 9.24. The number of amides is 1. The monoisotopic (exact) mass is 434 g/mol. The lowest BCUT2D eigenvalue weighted by Crippen LogP contribution is -2.46. The summed E-state index contributed by atoms with van der Waals surface area (Å²) in [6, 6.07) is 4.42. The van der Waals surface area contributed by atoms with Crippen LogP contribution in [0.3, 0.4) is 0 Å². The number of aromatic amines is 1. The number of aromatic nitrogens is 2. The van der Waals surface area contributed by atoms with E-state index in [1.807, 2.05) is 0 Å². The van der Waals surface area contributed by atoms with Crippen LogP contribution in [0.2, 0.25) is 0 Å². The predicted molar refractivity (Wildman–Crippen MR) is 112 cm³/mol. The summed E-state index contributed by atoms with van der Waals surface area (Å²) in [5, 5.41) is 0. The summed E-state index contributed by atoms with van der Waals surface area (Å²) in [6.07, 6.45) is 3.12. The number of carbonyl (C=O) groups is 1. The third kappa shape index (κ3) is 5.80. The maximum absolute atomic E-state index is 13.3. The summed E-state index contributed by atoms with van der Waals surface area (Å²) >= 11 is 0. The number of ether oxygens (including phenoxy) is 1. The molecule has 3 rings (SSSR count). The molecule has 0 spiro atoms. The Morgan fingerprint density at radius 3 is 2.86 bits per heavy atom. The molecule has 1 saturated carbocycles. The summed E-state index contributed by atoms with van der Waals surface area (Å²) in [7, 11) is 1.77. The van der Waals surface area contributed by atoms with Gasteiger partial charge in [-0.25, -0.2) is 9.37 Å². The highest BCUT2D eigenvalue weighted by molar-refractivity contribution is 5.85. The van der Waals surface area contributed by atoms with Gasteiger partial charge in [-0.2, -0.15) is 0 Å². The Hall–Kier alpha value is -1.41. The molecular weight excluding hydrogens is 406 g/mol. The van der Waals surface area contributed by atoms with E-state index in [-0.39, 0.29) is 54.6 Å². The van der Waals surface area contributed by atoms with E-state index in [1.165, 1.54) is 12.1 Å². The van der Waals surface area contributed by atoms with Crippen molar-refractivity contribution in [3.05, 3.63) is 29.8 Å². The maximum atomic E-state index is 13.3. The average molecular weight is 435 g/mol. The molecule has 1 aliphatic carbocycles. The van der Waals surface area contributed by atoms with E-state index in [0.717, 1.165) is 19.3 Å². The maximum Gasteiger partial charge on any atom is 0.225 e. The predicted octanol–water partition coefficient (Wildman–Crippen LogP) is 3.43. The van der Waals surface area contributed by atoms with Crippen molar-refractivity contribution in [2.24, 2.45) is 11.7 Å². The number of fused-ring (bicyclic) bond motifs is 1. The van der Waals surface area contributed by atoms with E-state index < -0.39 is 0 Å². The van der Waals surface area contributed by atoms with Crippen LogP contribution in [0, 0.1) is 11.7 Å². The third-order valence-electron chi connectivity index (χ3n) is 4.98. The van der Waals surface area contributed by atoms with Gasteiger partial charge in [-0.15, -0.1) is 24.8 Å². The number of benzene rings is 1. The zero-order valence-electron chi connectivity index (χ0n) is 16.2. The van der Waals surface area contributed by atoms with Gasteiger partial charge in [0.05, 0.1) is 23.7 Å².